The van der Waals surface area contributed by atoms with Crippen molar-refractivity contribution in [1.82, 2.24) is 4.90 Å². The molecule has 1 aromatic rings. The fraction of sp³-hybridized carbons (Fsp3) is 0.571. The van der Waals surface area contributed by atoms with Gasteiger partial charge in [0, 0.05) is 18.6 Å². The normalized spacial score (nSPS) is 13.7. The zero-order valence-electron chi connectivity index (χ0n) is 11.3. The summed E-state index contributed by atoms with van der Waals surface area (Å²) < 4.78 is 27.1. The summed E-state index contributed by atoms with van der Waals surface area (Å²) in [6, 6.07) is 4.03. The minimum absolute atomic E-state index is 0.203. The highest BCUT2D eigenvalue weighted by Crippen LogP contribution is 2.22. The third-order valence-electron chi connectivity index (χ3n) is 3.04. The van der Waals surface area contributed by atoms with E-state index in [0.717, 1.165) is 12.1 Å². The number of rotatable bonds is 5. The van der Waals surface area contributed by atoms with Crippen molar-refractivity contribution in [2.45, 2.75) is 45.9 Å². The highest BCUT2D eigenvalue weighted by molar-refractivity contribution is 5.22. The maximum Gasteiger partial charge on any atom is 0.131 e. The largest absolute Gasteiger partial charge is 0.387 e. The molecule has 0 radical (unpaired) electrons. The monoisotopic (exact) mass is 257 g/mol. The molecule has 2 nitrogen and oxygen atoms in total. The molecule has 0 spiro atoms. The van der Waals surface area contributed by atoms with Crippen LogP contribution in [0.25, 0.3) is 0 Å². The second-order valence-corrected chi connectivity index (χ2v) is 5.04. The van der Waals surface area contributed by atoms with E-state index in [1.807, 2.05) is 32.6 Å². The Labute approximate surface area is 107 Å². The molecule has 0 saturated carbocycles. The molecule has 1 unspecified atom stereocenters. The first-order valence-electron chi connectivity index (χ1n) is 6.22. The van der Waals surface area contributed by atoms with Gasteiger partial charge in [0.05, 0.1) is 11.7 Å². The zero-order valence-corrected chi connectivity index (χ0v) is 11.3. The van der Waals surface area contributed by atoms with Crippen LogP contribution in [0.1, 0.15) is 39.4 Å². The number of hydrogen-bond acceptors (Lipinski definition) is 2. The lowest BCUT2D eigenvalue weighted by Crippen LogP contribution is -2.40. The smallest absolute Gasteiger partial charge is 0.131 e. The Kier molecular flexibility index (Phi) is 5.23. The molecule has 0 amide bonds. The van der Waals surface area contributed by atoms with Crippen molar-refractivity contribution in [2.24, 2.45) is 0 Å². The van der Waals surface area contributed by atoms with Crippen molar-refractivity contribution >= 4 is 0 Å². The van der Waals surface area contributed by atoms with Gasteiger partial charge < -0.3 is 5.11 Å². The molecular formula is C14H21F2NO. The van der Waals surface area contributed by atoms with E-state index in [1.54, 1.807) is 0 Å². The van der Waals surface area contributed by atoms with E-state index in [-0.39, 0.29) is 24.2 Å². The molecule has 1 aromatic carbocycles. The summed E-state index contributed by atoms with van der Waals surface area (Å²) in [7, 11) is 0. The highest BCUT2D eigenvalue weighted by Gasteiger charge is 2.23. The van der Waals surface area contributed by atoms with Gasteiger partial charge >= 0.3 is 0 Å². The van der Waals surface area contributed by atoms with Crippen LogP contribution in [0.15, 0.2) is 18.2 Å². The van der Waals surface area contributed by atoms with Gasteiger partial charge in [-0.2, -0.15) is 0 Å². The SMILES string of the molecule is CC(C)N(CC(O)c1c(F)cccc1F)C(C)C. The number of nitrogens with zero attached hydrogens (tertiary/aromatic N) is 1. The van der Waals surface area contributed by atoms with Gasteiger partial charge in [-0.25, -0.2) is 8.78 Å². The minimum Gasteiger partial charge on any atom is -0.387 e. The Bertz CT molecular complexity index is 365. The predicted molar refractivity (Wildman–Crippen MR) is 68.3 cm³/mol. The Morgan fingerprint density at radius 1 is 1.06 bits per heavy atom. The molecule has 18 heavy (non-hydrogen) atoms. The third-order valence-corrected chi connectivity index (χ3v) is 3.04. The van der Waals surface area contributed by atoms with Crippen LogP contribution in [-0.2, 0) is 0 Å². The lowest BCUT2D eigenvalue weighted by Gasteiger charge is -2.32. The summed E-state index contributed by atoms with van der Waals surface area (Å²) in [6.07, 6.45) is -1.16. The van der Waals surface area contributed by atoms with Crippen LogP contribution >= 0.6 is 0 Å². The standard InChI is InChI=1S/C14H21F2NO/c1-9(2)17(10(3)4)8-13(18)14-11(15)6-5-7-12(14)16/h5-7,9-10,13,18H,8H2,1-4H3. The van der Waals surface area contributed by atoms with Crippen LogP contribution in [-0.4, -0.2) is 28.6 Å². The number of aliphatic hydroxyl groups is 1. The maximum atomic E-state index is 13.5. The number of aliphatic hydroxyl groups excluding tert-OH is 1. The minimum atomic E-state index is -1.16. The molecule has 0 bridgehead atoms. The Hall–Kier alpha value is -1.00. The quantitative estimate of drug-likeness (QED) is 0.876. The van der Waals surface area contributed by atoms with Gasteiger partial charge in [-0.05, 0) is 39.8 Å². The summed E-state index contributed by atoms with van der Waals surface area (Å²) in [5.74, 6) is -1.40. The molecule has 4 heteroatoms. The highest BCUT2D eigenvalue weighted by atomic mass is 19.1. The fourth-order valence-corrected chi connectivity index (χ4v) is 2.14. The van der Waals surface area contributed by atoms with Gasteiger partial charge in [0.2, 0.25) is 0 Å². The molecule has 1 rings (SSSR count). The second kappa shape index (κ2) is 6.25. The zero-order chi connectivity index (χ0) is 13.9. The molecule has 0 aliphatic rings. The fourth-order valence-electron chi connectivity index (χ4n) is 2.14. The van der Waals surface area contributed by atoms with Crippen LogP contribution in [0, 0.1) is 11.6 Å². The molecule has 0 aliphatic carbocycles. The molecular weight excluding hydrogens is 236 g/mol. The van der Waals surface area contributed by atoms with E-state index in [4.69, 9.17) is 0 Å². The van der Waals surface area contributed by atoms with E-state index in [1.165, 1.54) is 6.07 Å². The van der Waals surface area contributed by atoms with Gasteiger partial charge in [0.15, 0.2) is 0 Å². The number of benzene rings is 1. The summed E-state index contributed by atoms with van der Waals surface area (Å²) in [6.45, 7) is 8.18. The average molecular weight is 257 g/mol. The Morgan fingerprint density at radius 3 is 1.89 bits per heavy atom. The number of hydrogen-bond donors (Lipinski definition) is 1. The van der Waals surface area contributed by atoms with Crippen LogP contribution < -0.4 is 0 Å². The average Bonchev–Trinajstić information content (AvgIpc) is 2.24. The third kappa shape index (κ3) is 3.50. The molecule has 102 valence electrons. The Morgan fingerprint density at radius 2 is 1.50 bits per heavy atom. The molecule has 1 N–H and O–H groups in total. The second-order valence-electron chi connectivity index (χ2n) is 5.04. The molecule has 1 atom stereocenters. The molecule has 0 heterocycles. The number of halogens is 2. The summed E-state index contributed by atoms with van der Waals surface area (Å²) in [4.78, 5) is 2.00. The van der Waals surface area contributed by atoms with Crippen molar-refractivity contribution in [3.63, 3.8) is 0 Å². The van der Waals surface area contributed by atoms with E-state index in [2.05, 4.69) is 0 Å². The summed E-state index contributed by atoms with van der Waals surface area (Å²) in [5, 5.41) is 10.0. The van der Waals surface area contributed by atoms with Crippen LogP contribution in [0.4, 0.5) is 8.78 Å². The van der Waals surface area contributed by atoms with Crippen molar-refractivity contribution < 1.29 is 13.9 Å². The van der Waals surface area contributed by atoms with Gasteiger partial charge in [-0.1, -0.05) is 6.07 Å². The van der Waals surface area contributed by atoms with Crippen molar-refractivity contribution in [2.75, 3.05) is 6.54 Å². The van der Waals surface area contributed by atoms with E-state index < -0.39 is 17.7 Å². The first-order chi connectivity index (χ1) is 8.34. The van der Waals surface area contributed by atoms with Crippen molar-refractivity contribution in [3.05, 3.63) is 35.4 Å². The van der Waals surface area contributed by atoms with Crippen LogP contribution in [0.5, 0.6) is 0 Å². The molecule has 0 fully saturated rings. The van der Waals surface area contributed by atoms with E-state index in [0.29, 0.717) is 0 Å². The van der Waals surface area contributed by atoms with Gasteiger partial charge in [-0.15, -0.1) is 0 Å². The Balaban J connectivity index is 2.90. The molecule has 0 aliphatic heterocycles. The van der Waals surface area contributed by atoms with E-state index in [9.17, 15) is 13.9 Å². The van der Waals surface area contributed by atoms with Gasteiger partial charge in [0.25, 0.3) is 0 Å². The van der Waals surface area contributed by atoms with E-state index >= 15 is 0 Å². The van der Waals surface area contributed by atoms with Crippen LogP contribution in [0.3, 0.4) is 0 Å². The lowest BCUT2D eigenvalue weighted by atomic mass is 10.1. The van der Waals surface area contributed by atoms with Crippen molar-refractivity contribution in [1.29, 1.82) is 0 Å². The maximum absolute atomic E-state index is 13.5. The molecule has 0 saturated heterocycles. The van der Waals surface area contributed by atoms with Gasteiger partial charge in [0.1, 0.15) is 11.6 Å². The van der Waals surface area contributed by atoms with Gasteiger partial charge in [-0.3, -0.25) is 4.90 Å². The summed E-state index contributed by atoms with van der Waals surface area (Å²) in [5.41, 5.74) is -0.246. The predicted octanol–water partition coefficient (Wildman–Crippen LogP) is 3.12. The molecule has 0 aromatic heterocycles. The van der Waals surface area contributed by atoms with Crippen LogP contribution in [0.2, 0.25) is 0 Å². The first kappa shape index (κ1) is 15.1. The first-order valence-corrected chi connectivity index (χ1v) is 6.22. The summed E-state index contributed by atoms with van der Waals surface area (Å²) >= 11 is 0. The lowest BCUT2D eigenvalue weighted by molar-refractivity contribution is 0.0712. The topological polar surface area (TPSA) is 23.5 Å². The van der Waals surface area contributed by atoms with Crippen molar-refractivity contribution in [3.8, 4) is 0 Å².